The first-order valence-electron chi connectivity index (χ1n) is 3.91. The number of hydrogen-bond acceptors (Lipinski definition) is 2. The van der Waals surface area contributed by atoms with Gasteiger partial charge in [0, 0.05) is 0 Å². The summed E-state index contributed by atoms with van der Waals surface area (Å²) < 4.78 is 30.7. The quantitative estimate of drug-likeness (QED) is 0.815. The van der Waals surface area contributed by atoms with Crippen molar-refractivity contribution in [2.24, 2.45) is 0 Å². The van der Waals surface area contributed by atoms with E-state index in [0.29, 0.717) is 0 Å². The topological polar surface area (TPSA) is 46.5 Å². The molecule has 0 radical (unpaired) electrons. The largest absolute Gasteiger partial charge is 0.488 e. The molecule has 1 aromatic rings. The molecule has 0 saturated heterocycles. The highest BCUT2D eigenvalue weighted by atomic mass is 19.1. The van der Waals surface area contributed by atoms with Gasteiger partial charge in [0.2, 0.25) is 0 Å². The summed E-state index contributed by atoms with van der Waals surface area (Å²) in [5.41, 5.74) is -0.441. The van der Waals surface area contributed by atoms with Gasteiger partial charge in [0.15, 0.2) is 17.4 Å². The van der Waals surface area contributed by atoms with E-state index in [1.54, 1.807) is 6.92 Å². The Kier molecular flexibility index (Phi) is 3.01. The molecule has 14 heavy (non-hydrogen) atoms. The lowest BCUT2D eigenvalue weighted by Crippen LogP contribution is -2.03. The Bertz CT molecular complexity index is 340. The summed E-state index contributed by atoms with van der Waals surface area (Å²) in [5, 5.41) is 8.48. The number of carboxylic acids is 1. The predicted octanol–water partition coefficient (Wildman–Crippen LogP) is 2.06. The zero-order valence-electron chi connectivity index (χ0n) is 7.38. The van der Waals surface area contributed by atoms with Gasteiger partial charge in [-0.25, -0.2) is 13.6 Å². The van der Waals surface area contributed by atoms with Crippen molar-refractivity contribution in [2.45, 2.75) is 6.92 Å². The van der Waals surface area contributed by atoms with Gasteiger partial charge in [-0.15, -0.1) is 0 Å². The Labute approximate surface area is 78.9 Å². The first-order valence-corrected chi connectivity index (χ1v) is 3.91. The predicted molar refractivity (Wildman–Crippen MR) is 44.5 cm³/mol. The number of benzene rings is 1. The fraction of sp³-hybridized carbons (Fsp3) is 0.222. The van der Waals surface area contributed by atoms with E-state index in [9.17, 15) is 13.6 Å². The summed E-state index contributed by atoms with van der Waals surface area (Å²) in [7, 11) is 0. The van der Waals surface area contributed by atoms with Gasteiger partial charge in [-0.2, -0.15) is 0 Å². The van der Waals surface area contributed by atoms with Crippen molar-refractivity contribution in [1.29, 1.82) is 0 Å². The van der Waals surface area contributed by atoms with Crippen LogP contribution in [0.25, 0.3) is 0 Å². The minimum absolute atomic E-state index is 0.111. The summed E-state index contributed by atoms with van der Waals surface area (Å²) in [6.45, 7) is 1.68. The van der Waals surface area contributed by atoms with E-state index in [2.05, 4.69) is 4.74 Å². The van der Waals surface area contributed by atoms with E-state index in [1.807, 2.05) is 0 Å². The molecule has 0 aromatic heterocycles. The van der Waals surface area contributed by atoms with Crippen LogP contribution in [-0.2, 0) is 0 Å². The van der Waals surface area contributed by atoms with Crippen molar-refractivity contribution in [1.82, 2.24) is 0 Å². The van der Waals surface area contributed by atoms with Crippen LogP contribution in [0.5, 0.6) is 5.75 Å². The molecule has 0 amide bonds. The molecule has 1 aromatic carbocycles. The Morgan fingerprint density at radius 2 is 1.93 bits per heavy atom. The molecule has 3 nitrogen and oxygen atoms in total. The minimum atomic E-state index is -1.38. The molecule has 0 atom stereocenters. The molecule has 0 bridgehead atoms. The number of aromatic carboxylic acids is 1. The minimum Gasteiger partial charge on any atom is -0.488 e. The molecule has 0 aliphatic carbocycles. The second kappa shape index (κ2) is 4.04. The fourth-order valence-corrected chi connectivity index (χ4v) is 0.966. The molecule has 0 unspecified atom stereocenters. The van der Waals surface area contributed by atoms with Crippen LogP contribution in [0.3, 0.4) is 0 Å². The van der Waals surface area contributed by atoms with Crippen molar-refractivity contribution >= 4 is 5.97 Å². The standard InChI is InChI=1S/C9H8F2O3/c1-2-14-8-6(10)3-5(9(12)13)4-7(8)11/h3-4H,2H2,1H3,(H,12,13). The van der Waals surface area contributed by atoms with Crippen LogP contribution >= 0.6 is 0 Å². The average molecular weight is 202 g/mol. The van der Waals surface area contributed by atoms with Gasteiger partial charge in [0.1, 0.15) is 0 Å². The van der Waals surface area contributed by atoms with E-state index < -0.39 is 28.9 Å². The van der Waals surface area contributed by atoms with Crippen LogP contribution in [0.4, 0.5) is 8.78 Å². The van der Waals surface area contributed by atoms with E-state index >= 15 is 0 Å². The third-order valence-corrected chi connectivity index (χ3v) is 1.53. The van der Waals surface area contributed by atoms with E-state index in [4.69, 9.17) is 5.11 Å². The maximum atomic E-state index is 13.0. The molecule has 0 aliphatic rings. The van der Waals surface area contributed by atoms with Gasteiger partial charge in [-0.3, -0.25) is 0 Å². The third-order valence-electron chi connectivity index (χ3n) is 1.53. The van der Waals surface area contributed by atoms with Crippen molar-refractivity contribution in [3.8, 4) is 5.75 Å². The first kappa shape index (κ1) is 10.4. The Morgan fingerprint density at radius 3 is 2.29 bits per heavy atom. The van der Waals surface area contributed by atoms with Gasteiger partial charge in [-0.1, -0.05) is 0 Å². The highest BCUT2D eigenvalue weighted by Gasteiger charge is 2.15. The lowest BCUT2D eigenvalue weighted by Gasteiger charge is -2.06. The number of ether oxygens (including phenoxy) is 1. The summed E-state index contributed by atoms with van der Waals surface area (Å²) in [4.78, 5) is 10.4. The number of halogens is 2. The molecule has 1 rings (SSSR count). The summed E-state index contributed by atoms with van der Waals surface area (Å²) in [6.07, 6.45) is 0. The summed E-state index contributed by atoms with van der Waals surface area (Å²) in [6, 6.07) is 1.44. The van der Waals surface area contributed by atoms with Crippen molar-refractivity contribution in [3.05, 3.63) is 29.3 Å². The van der Waals surface area contributed by atoms with Gasteiger partial charge in [0.05, 0.1) is 12.2 Å². The highest BCUT2D eigenvalue weighted by Crippen LogP contribution is 2.23. The third kappa shape index (κ3) is 1.99. The molecule has 5 heteroatoms. The SMILES string of the molecule is CCOc1c(F)cc(C(=O)O)cc1F. The molecule has 1 N–H and O–H groups in total. The molecule has 0 aliphatic heterocycles. The van der Waals surface area contributed by atoms with Crippen LogP contribution in [0.1, 0.15) is 17.3 Å². The highest BCUT2D eigenvalue weighted by molar-refractivity contribution is 5.87. The summed E-state index contributed by atoms with van der Waals surface area (Å²) in [5.74, 6) is -3.95. The zero-order chi connectivity index (χ0) is 10.7. The smallest absolute Gasteiger partial charge is 0.335 e. The molecule has 0 spiro atoms. The van der Waals surface area contributed by atoms with E-state index in [1.165, 1.54) is 0 Å². The Hall–Kier alpha value is -1.65. The second-order valence-corrected chi connectivity index (χ2v) is 2.51. The average Bonchev–Trinajstić information content (AvgIpc) is 2.10. The van der Waals surface area contributed by atoms with Crippen molar-refractivity contribution in [3.63, 3.8) is 0 Å². The van der Waals surface area contributed by atoms with Gasteiger partial charge in [0.25, 0.3) is 0 Å². The van der Waals surface area contributed by atoms with Crippen LogP contribution in [0, 0.1) is 11.6 Å². The van der Waals surface area contributed by atoms with E-state index in [-0.39, 0.29) is 6.61 Å². The Balaban J connectivity index is 3.18. The fourth-order valence-electron chi connectivity index (χ4n) is 0.966. The monoisotopic (exact) mass is 202 g/mol. The molecule has 76 valence electrons. The van der Waals surface area contributed by atoms with Crippen molar-refractivity contribution < 1.29 is 23.4 Å². The van der Waals surface area contributed by atoms with Crippen LogP contribution in [-0.4, -0.2) is 17.7 Å². The maximum Gasteiger partial charge on any atom is 0.335 e. The molecule has 0 saturated carbocycles. The number of hydrogen-bond donors (Lipinski definition) is 1. The first-order chi connectivity index (χ1) is 6.56. The van der Waals surface area contributed by atoms with Crippen LogP contribution < -0.4 is 4.74 Å². The normalized spacial score (nSPS) is 9.93. The number of carboxylic acid groups (broad SMARTS) is 1. The number of carbonyl (C=O) groups is 1. The van der Waals surface area contributed by atoms with Gasteiger partial charge >= 0.3 is 5.97 Å². The number of rotatable bonds is 3. The lowest BCUT2D eigenvalue weighted by atomic mass is 10.2. The van der Waals surface area contributed by atoms with Gasteiger partial charge in [-0.05, 0) is 19.1 Å². The van der Waals surface area contributed by atoms with Crippen LogP contribution in [0.2, 0.25) is 0 Å². The van der Waals surface area contributed by atoms with Crippen LogP contribution in [0.15, 0.2) is 12.1 Å². The lowest BCUT2D eigenvalue weighted by molar-refractivity contribution is 0.0695. The Morgan fingerprint density at radius 1 is 1.43 bits per heavy atom. The van der Waals surface area contributed by atoms with Crippen molar-refractivity contribution in [2.75, 3.05) is 6.61 Å². The van der Waals surface area contributed by atoms with E-state index in [0.717, 1.165) is 12.1 Å². The molecule has 0 heterocycles. The van der Waals surface area contributed by atoms with Gasteiger partial charge < -0.3 is 9.84 Å². The zero-order valence-corrected chi connectivity index (χ0v) is 7.38. The second-order valence-electron chi connectivity index (χ2n) is 2.51. The maximum absolute atomic E-state index is 13.0. The molecular weight excluding hydrogens is 194 g/mol. The summed E-state index contributed by atoms with van der Waals surface area (Å²) >= 11 is 0. The molecular formula is C9H8F2O3. The molecule has 0 fully saturated rings.